The van der Waals surface area contributed by atoms with Crippen molar-refractivity contribution in [2.45, 2.75) is 65.9 Å². The standard InChI is InChI=1S/C22H32O6/c1-14(24)28-13-15(10-19(26)27)6-7-17-16(12-23)11-18(25)20-21(2,3)8-5-9-22(17,20)4/h10-12,17-18,20,25H,5-9,13H2,1-4H3,(H,26,27)/b15-10+/t17-,18-,20-,22+/m0/s1. The number of carboxylic acids is 1. The topological polar surface area (TPSA) is 101 Å². The number of hydrogen-bond acceptors (Lipinski definition) is 5. The molecule has 2 rings (SSSR count). The molecule has 0 heterocycles. The molecule has 0 radical (unpaired) electrons. The van der Waals surface area contributed by atoms with Crippen LogP contribution in [0.1, 0.15) is 59.8 Å². The fourth-order valence-corrected chi connectivity index (χ4v) is 5.66. The van der Waals surface area contributed by atoms with Crippen LogP contribution in [0.25, 0.3) is 0 Å². The Morgan fingerprint density at radius 1 is 1.29 bits per heavy atom. The van der Waals surface area contributed by atoms with E-state index >= 15 is 0 Å². The Bertz CT molecular complexity index is 689. The molecule has 2 aliphatic rings. The number of aliphatic carboxylic acids is 1. The van der Waals surface area contributed by atoms with Crippen LogP contribution in [-0.2, 0) is 19.1 Å². The van der Waals surface area contributed by atoms with E-state index in [4.69, 9.17) is 9.84 Å². The first-order valence-corrected chi connectivity index (χ1v) is 9.92. The van der Waals surface area contributed by atoms with Gasteiger partial charge in [0.25, 0.3) is 0 Å². The van der Waals surface area contributed by atoms with E-state index in [1.165, 1.54) is 6.92 Å². The summed E-state index contributed by atoms with van der Waals surface area (Å²) >= 11 is 0. The van der Waals surface area contributed by atoms with Crippen molar-refractivity contribution in [1.82, 2.24) is 0 Å². The van der Waals surface area contributed by atoms with Gasteiger partial charge in [-0.1, -0.05) is 27.2 Å². The van der Waals surface area contributed by atoms with Gasteiger partial charge in [0.1, 0.15) is 12.9 Å². The first kappa shape index (κ1) is 22.3. The summed E-state index contributed by atoms with van der Waals surface area (Å²) in [6.07, 6.45) is 6.87. The van der Waals surface area contributed by atoms with Gasteiger partial charge in [-0.25, -0.2) is 4.79 Å². The number of fused-ring (bicyclic) bond motifs is 1. The summed E-state index contributed by atoms with van der Waals surface area (Å²) in [5.74, 6) is -1.60. The van der Waals surface area contributed by atoms with Crippen LogP contribution in [0.5, 0.6) is 0 Å². The normalized spacial score (nSPS) is 32.1. The Balaban J connectivity index is 2.30. The average molecular weight is 392 g/mol. The van der Waals surface area contributed by atoms with Gasteiger partial charge >= 0.3 is 11.9 Å². The van der Waals surface area contributed by atoms with Gasteiger partial charge in [0.2, 0.25) is 0 Å². The Morgan fingerprint density at radius 2 is 1.96 bits per heavy atom. The second kappa shape index (κ2) is 8.60. The second-order valence-corrected chi connectivity index (χ2v) is 9.11. The number of hydrogen-bond donors (Lipinski definition) is 2. The van der Waals surface area contributed by atoms with Crippen LogP contribution >= 0.6 is 0 Å². The molecule has 156 valence electrons. The first-order valence-electron chi connectivity index (χ1n) is 9.92. The summed E-state index contributed by atoms with van der Waals surface area (Å²) in [4.78, 5) is 34.0. The summed E-state index contributed by atoms with van der Waals surface area (Å²) in [6.45, 7) is 7.71. The van der Waals surface area contributed by atoms with Crippen LogP contribution in [0.4, 0.5) is 0 Å². The molecule has 1 saturated carbocycles. The van der Waals surface area contributed by atoms with Crippen molar-refractivity contribution in [3.8, 4) is 0 Å². The molecule has 0 spiro atoms. The van der Waals surface area contributed by atoms with Gasteiger partial charge in [-0.2, -0.15) is 0 Å². The average Bonchev–Trinajstić information content (AvgIpc) is 2.56. The highest BCUT2D eigenvalue weighted by atomic mass is 16.5. The molecular weight excluding hydrogens is 360 g/mol. The number of esters is 1. The monoisotopic (exact) mass is 392 g/mol. The molecule has 4 atom stereocenters. The van der Waals surface area contributed by atoms with Crippen LogP contribution in [0, 0.1) is 22.7 Å². The van der Waals surface area contributed by atoms with E-state index in [0.717, 1.165) is 31.6 Å². The van der Waals surface area contributed by atoms with Crippen LogP contribution in [-0.4, -0.2) is 41.1 Å². The molecule has 2 aliphatic carbocycles. The third kappa shape index (κ3) is 4.72. The Hall–Kier alpha value is -1.95. The maximum absolute atomic E-state index is 11.8. The van der Waals surface area contributed by atoms with E-state index < -0.39 is 18.0 Å². The van der Waals surface area contributed by atoms with E-state index in [9.17, 15) is 19.5 Å². The predicted octanol–water partition coefficient (Wildman–Crippen LogP) is 3.29. The number of carbonyl (C=O) groups excluding carboxylic acids is 2. The van der Waals surface area contributed by atoms with Gasteiger partial charge in [-0.15, -0.1) is 0 Å². The van der Waals surface area contributed by atoms with Crippen LogP contribution in [0.2, 0.25) is 0 Å². The minimum absolute atomic E-state index is 0.0304. The number of aliphatic hydroxyl groups excluding tert-OH is 1. The zero-order valence-corrected chi connectivity index (χ0v) is 17.2. The highest BCUT2D eigenvalue weighted by molar-refractivity contribution is 5.81. The number of aliphatic hydroxyl groups is 1. The first-order chi connectivity index (χ1) is 13.0. The van der Waals surface area contributed by atoms with Crippen LogP contribution in [0.15, 0.2) is 23.3 Å². The summed E-state index contributed by atoms with van der Waals surface area (Å²) < 4.78 is 4.99. The molecule has 0 aliphatic heterocycles. The molecule has 0 amide bonds. The second-order valence-electron chi connectivity index (χ2n) is 9.11. The number of carbonyl (C=O) groups is 3. The van der Waals surface area contributed by atoms with Gasteiger partial charge in [0, 0.05) is 13.0 Å². The maximum Gasteiger partial charge on any atom is 0.328 e. The van der Waals surface area contributed by atoms with E-state index in [1.807, 2.05) is 0 Å². The Morgan fingerprint density at radius 3 is 2.54 bits per heavy atom. The zero-order valence-electron chi connectivity index (χ0n) is 17.2. The third-order valence-corrected chi connectivity index (χ3v) is 6.67. The lowest BCUT2D eigenvalue weighted by Crippen LogP contribution is -2.54. The van der Waals surface area contributed by atoms with Crippen molar-refractivity contribution in [2.24, 2.45) is 22.7 Å². The number of allylic oxidation sites excluding steroid dienone is 1. The molecular formula is C22H32O6. The zero-order chi connectivity index (χ0) is 21.1. The fraction of sp³-hybridized carbons (Fsp3) is 0.682. The fourth-order valence-electron chi connectivity index (χ4n) is 5.66. The van der Waals surface area contributed by atoms with Gasteiger partial charge in [-0.05, 0) is 65.6 Å². The molecule has 1 fully saturated rings. The Labute approximate surface area is 166 Å². The largest absolute Gasteiger partial charge is 0.478 e. The molecule has 6 nitrogen and oxygen atoms in total. The van der Waals surface area contributed by atoms with Gasteiger partial charge in [0.05, 0.1) is 6.10 Å². The summed E-state index contributed by atoms with van der Waals surface area (Å²) in [5, 5.41) is 19.9. The molecule has 0 bridgehead atoms. The summed E-state index contributed by atoms with van der Waals surface area (Å²) in [6, 6.07) is 0. The number of ether oxygens (including phenoxy) is 1. The van der Waals surface area contributed by atoms with Crippen molar-refractivity contribution < 1.29 is 29.3 Å². The lowest BCUT2D eigenvalue weighted by Gasteiger charge is -2.58. The smallest absolute Gasteiger partial charge is 0.328 e. The summed E-state index contributed by atoms with van der Waals surface area (Å²) in [5.41, 5.74) is 0.801. The molecule has 28 heavy (non-hydrogen) atoms. The van der Waals surface area contributed by atoms with Crippen molar-refractivity contribution in [2.75, 3.05) is 6.61 Å². The number of aldehydes is 1. The SMILES string of the molecule is CC(=O)OC/C(=C/C(=O)O)CC[C@H]1C(C=O)=C[C@H](O)[C@H]2C(C)(C)CCC[C@]12C. The minimum atomic E-state index is -1.09. The van der Waals surface area contributed by atoms with Crippen molar-refractivity contribution >= 4 is 18.2 Å². The maximum atomic E-state index is 11.8. The van der Waals surface area contributed by atoms with E-state index in [-0.39, 0.29) is 29.3 Å². The van der Waals surface area contributed by atoms with E-state index in [0.29, 0.717) is 24.0 Å². The predicted molar refractivity (Wildman–Crippen MR) is 104 cm³/mol. The lowest BCUT2D eigenvalue weighted by molar-refractivity contribution is -0.140. The van der Waals surface area contributed by atoms with E-state index in [2.05, 4.69) is 20.8 Å². The molecule has 0 unspecified atom stereocenters. The quantitative estimate of drug-likeness (QED) is 0.392. The highest BCUT2D eigenvalue weighted by Crippen LogP contribution is 2.60. The number of carboxylic acid groups (broad SMARTS) is 1. The minimum Gasteiger partial charge on any atom is -0.478 e. The molecule has 6 heteroatoms. The van der Waals surface area contributed by atoms with Gasteiger partial charge in [0.15, 0.2) is 0 Å². The van der Waals surface area contributed by atoms with Crippen molar-refractivity contribution in [1.29, 1.82) is 0 Å². The van der Waals surface area contributed by atoms with E-state index in [1.54, 1.807) is 6.08 Å². The number of rotatable bonds is 7. The van der Waals surface area contributed by atoms with Crippen molar-refractivity contribution in [3.05, 3.63) is 23.3 Å². The lowest BCUT2D eigenvalue weighted by atomic mass is 9.47. The molecule has 0 aromatic rings. The van der Waals surface area contributed by atoms with Gasteiger partial charge < -0.3 is 14.9 Å². The third-order valence-electron chi connectivity index (χ3n) is 6.67. The molecule has 2 N–H and O–H groups in total. The summed E-state index contributed by atoms with van der Waals surface area (Å²) in [7, 11) is 0. The Kier molecular flexibility index (Phi) is 6.86. The van der Waals surface area contributed by atoms with Gasteiger partial charge in [-0.3, -0.25) is 9.59 Å². The molecule has 0 aromatic heterocycles. The molecule has 0 saturated heterocycles. The molecule has 0 aromatic carbocycles. The van der Waals surface area contributed by atoms with Crippen LogP contribution in [0.3, 0.4) is 0 Å². The highest BCUT2D eigenvalue weighted by Gasteiger charge is 2.55. The van der Waals surface area contributed by atoms with Crippen LogP contribution < -0.4 is 0 Å². The van der Waals surface area contributed by atoms with Crippen molar-refractivity contribution in [3.63, 3.8) is 0 Å².